The predicted octanol–water partition coefficient (Wildman–Crippen LogP) is -0.255. The molecule has 1 heterocycles. The standard InChI is InChI=1S/C12H18N2O5S/c1-8-7-19-9(6-15)5-14(8)20(17,18)10-2-3-12(16)11(13)4-10/h2-4,8-9,15-16H,5-7,13H2,1H3. The summed E-state index contributed by atoms with van der Waals surface area (Å²) in [5, 5.41) is 18.5. The second kappa shape index (κ2) is 5.57. The minimum Gasteiger partial charge on any atom is -0.506 e. The van der Waals surface area contributed by atoms with Gasteiger partial charge in [-0.25, -0.2) is 8.42 Å². The summed E-state index contributed by atoms with van der Waals surface area (Å²) in [6.07, 6.45) is -0.532. The molecule has 1 fully saturated rings. The van der Waals surface area contributed by atoms with Crippen LogP contribution in [0.15, 0.2) is 23.1 Å². The Morgan fingerprint density at radius 3 is 2.80 bits per heavy atom. The number of nitrogens with two attached hydrogens (primary N) is 1. The molecule has 112 valence electrons. The van der Waals surface area contributed by atoms with Crippen molar-refractivity contribution in [1.29, 1.82) is 0 Å². The minimum atomic E-state index is -3.74. The topological polar surface area (TPSA) is 113 Å². The Morgan fingerprint density at radius 1 is 1.50 bits per heavy atom. The van der Waals surface area contributed by atoms with E-state index in [0.29, 0.717) is 0 Å². The summed E-state index contributed by atoms with van der Waals surface area (Å²) >= 11 is 0. The lowest BCUT2D eigenvalue weighted by Crippen LogP contribution is -2.51. The number of benzene rings is 1. The van der Waals surface area contributed by atoms with Crippen molar-refractivity contribution in [3.63, 3.8) is 0 Å². The molecule has 1 aliphatic rings. The first kappa shape index (κ1) is 15.0. The van der Waals surface area contributed by atoms with E-state index >= 15 is 0 Å². The van der Waals surface area contributed by atoms with E-state index in [0.717, 1.165) is 0 Å². The third-order valence-corrected chi connectivity index (χ3v) is 5.23. The summed E-state index contributed by atoms with van der Waals surface area (Å²) in [6, 6.07) is 3.44. The van der Waals surface area contributed by atoms with Gasteiger partial charge in [-0.3, -0.25) is 0 Å². The van der Waals surface area contributed by atoms with Crippen molar-refractivity contribution in [3.8, 4) is 5.75 Å². The van der Waals surface area contributed by atoms with Crippen molar-refractivity contribution in [1.82, 2.24) is 4.31 Å². The highest BCUT2D eigenvalue weighted by molar-refractivity contribution is 7.89. The van der Waals surface area contributed by atoms with Crippen LogP contribution in [0.5, 0.6) is 5.75 Å². The zero-order chi connectivity index (χ0) is 14.9. The molecule has 2 rings (SSSR count). The van der Waals surface area contributed by atoms with Gasteiger partial charge < -0.3 is 20.7 Å². The zero-order valence-corrected chi connectivity index (χ0v) is 11.9. The van der Waals surface area contributed by atoms with Gasteiger partial charge in [0, 0.05) is 12.6 Å². The maximum absolute atomic E-state index is 12.6. The molecule has 0 radical (unpaired) electrons. The second-order valence-electron chi connectivity index (χ2n) is 4.78. The molecule has 2 atom stereocenters. The highest BCUT2D eigenvalue weighted by Gasteiger charge is 2.35. The molecular weight excluding hydrogens is 284 g/mol. The number of rotatable bonds is 3. The molecule has 1 saturated heterocycles. The largest absolute Gasteiger partial charge is 0.506 e. The number of nitrogens with zero attached hydrogens (tertiary/aromatic N) is 1. The Kier molecular flexibility index (Phi) is 4.19. The molecule has 8 heteroatoms. The fraction of sp³-hybridized carbons (Fsp3) is 0.500. The summed E-state index contributed by atoms with van der Waals surface area (Å²) in [6.45, 7) is 1.80. The van der Waals surface area contributed by atoms with Crippen molar-refractivity contribution in [3.05, 3.63) is 18.2 Å². The molecular formula is C12H18N2O5S. The molecule has 0 aliphatic carbocycles. The molecule has 20 heavy (non-hydrogen) atoms. The van der Waals surface area contributed by atoms with Gasteiger partial charge in [0.05, 0.1) is 29.9 Å². The molecule has 1 aromatic carbocycles. The minimum absolute atomic E-state index is 0.00527. The van der Waals surface area contributed by atoms with Gasteiger partial charge in [-0.05, 0) is 25.1 Å². The van der Waals surface area contributed by atoms with E-state index in [9.17, 15) is 13.5 Å². The number of hydrogen-bond donors (Lipinski definition) is 3. The second-order valence-corrected chi connectivity index (χ2v) is 6.67. The Morgan fingerprint density at radius 2 is 2.20 bits per heavy atom. The van der Waals surface area contributed by atoms with Crippen LogP contribution in [0.25, 0.3) is 0 Å². The first-order chi connectivity index (χ1) is 9.36. The lowest BCUT2D eigenvalue weighted by atomic mass is 10.2. The highest BCUT2D eigenvalue weighted by Crippen LogP contribution is 2.27. The van der Waals surface area contributed by atoms with E-state index in [2.05, 4.69) is 0 Å². The van der Waals surface area contributed by atoms with Crippen LogP contribution in [0.3, 0.4) is 0 Å². The third-order valence-electron chi connectivity index (χ3n) is 3.26. The van der Waals surface area contributed by atoms with Crippen LogP contribution in [0.2, 0.25) is 0 Å². The first-order valence-corrected chi connectivity index (χ1v) is 7.63. The van der Waals surface area contributed by atoms with E-state index in [-0.39, 0.29) is 42.1 Å². The van der Waals surface area contributed by atoms with Gasteiger partial charge in [-0.2, -0.15) is 4.31 Å². The van der Waals surface area contributed by atoms with E-state index in [1.807, 2.05) is 0 Å². The number of aliphatic hydroxyl groups is 1. The average Bonchev–Trinajstić information content (AvgIpc) is 2.42. The quantitative estimate of drug-likeness (QED) is 0.524. The number of nitrogen functional groups attached to an aromatic ring is 1. The number of aromatic hydroxyl groups is 1. The van der Waals surface area contributed by atoms with Gasteiger partial charge in [0.15, 0.2) is 0 Å². The molecule has 0 spiro atoms. The summed E-state index contributed by atoms with van der Waals surface area (Å²) in [4.78, 5) is 0.0123. The molecule has 2 unspecified atom stereocenters. The smallest absolute Gasteiger partial charge is 0.243 e. The molecule has 1 aliphatic heterocycles. The molecule has 1 aromatic rings. The maximum atomic E-state index is 12.6. The van der Waals surface area contributed by atoms with Crippen molar-refractivity contribution >= 4 is 15.7 Å². The van der Waals surface area contributed by atoms with Crippen LogP contribution in [0, 0.1) is 0 Å². The van der Waals surface area contributed by atoms with Crippen LogP contribution in [-0.4, -0.2) is 54.8 Å². The fourth-order valence-electron chi connectivity index (χ4n) is 2.07. The van der Waals surface area contributed by atoms with Gasteiger partial charge >= 0.3 is 0 Å². The van der Waals surface area contributed by atoms with E-state index in [1.165, 1.54) is 22.5 Å². The van der Waals surface area contributed by atoms with Crippen LogP contribution in [0.4, 0.5) is 5.69 Å². The lowest BCUT2D eigenvalue weighted by molar-refractivity contribution is -0.0516. The van der Waals surface area contributed by atoms with Crippen molar-refractivity contribution < 1.29 is 23.4 Å². The molecule has 0 bridgehead atoms. The van der Waals surface area contributed by atoms with Crippen molar-refractivity contribution in [2.75, 3.05) is 25.5 Å². The van der Waals surface area contributed by atoms with Gasteiger partial charge in [0.1, 0.15) is 5.75 Å². The number of hydrogen-bond acceptors (Lipinski definition) is 6. The SMILES string of the molecule is CC1COC(CO)CN1S(=O)(=O)c1ccc(O)c(N)c1. The van der Waals surface area contributed by atoms with Crippen molar-refractivity contribution in [2.45, 2.75) is 24.0 Å². The van der Waals surface area contributed by atoms with E-state index in [4.69, 9.17) is 15.6 Å². The summed E-state index contributed by atoms with van der Waals surface area (Å²) < 4.78 is 31.8. The number of sulfonamides is 1. The number of morpholine rings is 1. The number of phenols is 1. The van der Waals surface area contributed by atoms with Crippen LogP contribution >= 0.6 is 0 Å². The first-order valence-electron chi connectivity index (χ1n) is 6.19. The Hall–Kier alpha value is -1.35. The third kappa shape index (κ3) is 2.73. The van der Waals surface area contributed by atoms with Crippen LogP contribution in [0.1, 0.15) is 6.92 Å². The Balaban J connectivity index is 2.35. The monoisotopic (exact) mass is 302 g/mol. The maximum Gasteiger partial charge on any atom is 0.243 e. The molecule has 0 aromatic heterocycles. The normalized spacial score (nSPS) is 24.7. The lowest BCUT2D eigenvalue weighted by Gasteiger charge is -2.36. The Bertz CT molecular complexity index is 590. The number of phenolic OH excluding ortho intramolecular Hbond substituents is 1. The van der Waals surface area contributed by atoms with Crippen LogP contribution in [-0.2, 0) is 14.8 Å². The van der Waals surface area contributed by atoms with Gasteiger partial charge in [-0.1, -0.05) is 0 Å². The van der Waals surface area contributed by atoms with Crippen LogP contribution < -0.4 is 5.73 Å². The fourth-order valence-corrected chi connectivity index (χ4v) is 3.75. The zero-order valence-electron chi connectivity index (χ0n) is 11.1. The molecule has 0 saturated carbocycles. The predicted molar refractivity (Wildman–Crippen MR) is 72.7 cm³/mol. The van der Waals surface area contributed by atoms with Gasteiger partial charge in [-0.15, -0.1) is 0 Å². The van der Waals surface area contributed by atoms with Gasteiger partial charge in [0.25, 0.3) is 0 Å². The average molecular weight is 302 g/mol. The van der Waals surface area contributed by atoms with Gasteiger partial charge in [0.2, 0.25) is 10.0 Å². The number of anilines is 1. The molecule has 7 nitrogen and oxygen atoms in total. The van der Waals surface area contributed by atoms with E-state index in [1.54, 1.807) is 6.92 Å². The van der Waals surface area contributed by atoms with Crippen molar-refractivity contribution in [2.24, 2.45) is 0 Å². The molecule has 0 amide bonds. The summed E-state index contributed by atoms with van der Waals surface area (Å²) in [5.74, 6) is -0.160. The molecule has 4 N–H and O–H groups in total. The summed E-state index contributed by atoms with van der Waals surface area (Å²) in [7, 11) is -3.74. The summed E-state index contributed by atoms with van der Waals surface area (Å²) in [5.41, 5.74) is 5.54. The number of ether oxygens (including phenoxy) is 1. The highest BCUT2D eigenvalue weighted by atomic mass is 32.2. The number of aliphatic hydroxyl groups excluding tert-OH is 1. The van der Waals surface area contributed by atoms with E-state index < -0.39 is 16.1 Å². The Labute approximate surface area is 117 Å².